The third-order valence-electron chi connectivity index (χ3n) is 2.88. The van der Waals surface area contributed by atoms with Gasteiger partial charge in [0.2, 0.25) is 5.91 Å². The normalized spacial score (nSPS) is 21.7. The van der Waals surface area contributed by atoms with Crippen LogP contribution in [0.4, 0.5) is 0 Å². The molecule has 1 atom stereocenters. The highest BCUT2D eigenvalue weighted by Gasteiger charge is 2.17. The van der Waals surface area contributed by atoms with Gasteiger partial charge in [-0.3, -0.25) is 4.79 Å². The van der Waals surface area contributed by atoms with Gasteiger partial charge in [0, 0.05) is 19.6 Å². The Bertz CT molecular complexity index is 230. The van der Waals surface area contributed by atoms with Crippen molar-refractivity contribution in [1.82, 2.24) is 15.5 Å². The summed E-state index contributed by atoms with van der Waals surface area (Å²) in [4.78, 5) is 13.8. The average molecular weight is 225 g/mol. The smallest absolute Gasteiger partial charge is 0.233 e. The van der Waals surface area contributed by atoms with E-state index in [0.29, 0.717) is 19.0 Å². The molecule has 92 valence electrons. The van der Waals surface area contributed by atoms with Gasteiger partial charge in [0.05, 0.1) is 6.54 Å². The predicted octanol–water partition coefficient (Wildman–Crippen LogP) is 0.220. The number of carbonyl (C=O) groups is 1. The number of nitrogens with one attached hydrogen (secondary N) is 2. The summed E-state index contributed by atoms with van der Waals surface area (Å²) in [6.07, 6.45) is 4.22. The number of carbonyl (C=O) groups excluding carboxylic acids is 1. The zero-order valence-electron chi connectivity index (χ0n) is 10.2. The number of likely N-dealkylation sites (tertiary alicyclic amines) is 1. The van der Waals surface area contributed by atoms with E-state index in [1.54, 1.807) is 6.08 Å². The van der Waals surface area contributed by atoms with Crippen molar-refractivity contribution in [1.29, 1.82) is 0 Å². The van der Waals surface area contributed by atoms with Crippen LogP contribution >= 0.6 is 0 Å². The molecule has 1 saturated heterocycles. The highest BCUT2D eigenvalue weighted by molar-refractivity contribution is 5.77. The summed E-state index contributed by atoms with van der Waals surface area (Å²) in [7, 11) is 2.14. The molecule has 1 aliphatic rings. The first-order valence-corrected chi connectivity index (χ1v) is 5.99. The molecule has 0 saturated carbocycles. The first-order chi connectivity index (χ1) is 7.72. The third-order valence-corrected chi connectivity index (χ3v) is 2.88. The van der Waals surface area contributed by atoms with Crippen molar-refractivity contribution in [3.8, 4) is 0 Å². The Balaban J connectivity index is 2.08. The first kappa shape index (κ1) is 13.2. The number of hydrogen-bond donors (Lipinski definition) is 2. The van der Waals surface area contributed by atoms with Gasteiger partial charge < -0.3 is 15.5 Å². The monoisotopic (exact) mass is 225 g/mol. The lowest BCUT2D eigenvalue weighted by Gasteiger charge is -2.29. The van der Waals surface area contributed by atoms with Crippen LogP contribution in [0.5, 0.6) is 0 Å². The summed E-state index contributed by atoms with van der Waals surface area (Å²) in [5.74, 6) is 0.692. The fourth-order valence-electron chi connectivity index (χ4n) is 2.05. The second-order valence-corrected chi connectivity index (χ2v) is 4.49. The van der Waals surface area contributed by atoms with Crippen LogP contribution in [0.15, 0.2) is 12.7 Å². The second-order valence-electron chi connectivity index (χ2n) is 4.49. The van der Waals surface area contributed by atoms with Gasteiger partial charge in [-0.15, -0.1) is 6.58 Å². The van der Waals surface area contributed by atoms with Gasteiger partial charge in [-0.1, -0.05) is 6.08 Å². The van der Waals surface area contributed by atoms with Gasteiger partial charge in [0.1, 0.15) is 0 Å². The van der Waals surface area contributed by atoms with Gasteiger partial charge in [0.15, 0.2) is 0 Å². The molecule has 0 radical (unpaired) electrons. The highest BCUT2D eigenvalue weighted by atomic mass is 16.1. The van der Waals surface area contributed by atoms with Crippen molar-refractivity contribution < 1.29 is 4.79 Å². The number of amides is 1. The zero-order valence-corrected chi connectivity index (χ0v) is 10.2. The Morgan fingerprint density at radius 2 is 2.44 bits per heavy atom. The number of rotatable bonds is 6. The minimum Gasteiger partial charge on any atom is -0.355 e. The van der Waals surface area contributed by atoms with Crippen LogP contribution in [0.25, 0.3) is 0 Å². The van der Waals surface area contributed by atoms with E-state index in [0.717, 1.165) is 13.1 Å². The molecule has 1 aliphatic heterocycles. The number of nitrogens with zero attached hydrogens (tertiary/aromatic N) is 1. The maximum absolute atomic E-state index is 11.4. The van der Waals surface area contributed by atoms with Crippen molar-refractivity contribution in [2.24, 2.45) is 5.92 Å². The van der Waals surface area contributed by atoms with Crippen LogP contribution in [0.2, 0.25) is 0 Å². The molecule has 1 amide bonds. The topological polar surface area (TPSA) is 44.4 Å². The molecule has 4 nitrogen and oxygen atoms in total. The zero-order chi connectivity index (χ0) is 11.8. The maximum atomic E-state index is 11.4. The molecule has 0 bridgehead atoms. The fraction of sp³-hybridized carbons (Fsp3) is 0.750. The van der Waals surface area contributed by atoms with E-state index in [9.17, 15) is 4.79 Å². The van der Waals surface area contributed by atoms with Crippen molar-refractivity contribution in [2.45, 2.75) is 12.8 Å². The van der Waals surface area contributed by atoms with Crippen molar-refractivity contribution in [2.75, 3.05) is 39.8 Å². The van der Waals surface area contributed by atoms with Crippen LogP contribution < -0.4 is 10.6 Å². The van der Waals surface area contributed by atoms with Crippen LogP contribution in [-0.4, -0.2) is 50.6 Å². The summed E-state index contributed by atoms with van der Waals surface area (Å²) in [6, 6.07) is 0. The Morgan fingerprint density at radius 1 is 1.62 bits per heavy atom. The van der Waals surface area contributed by atoms with Crippen LogP contribution in [0.1, 0.15) is 12.8 Å². The van der Waals surface area contributed by atoms with E-state index in [-0.39, 0.29) is 5.91 Å². The summed E-state index contributed by atoms with van der Waals surface area (Å²) in [5, 5.41) is 5.96. The average Bonchev–Trinajstić information content (AvgIpc) is 2.27. The summed E-state index contributed by atoms with van der Waals surface area (Å²) >= 11 is 0. The Kier molecular flexibility index (Phi) is 6.11. The molecule has 1 heterocycles. The quantitative estimate of drug-likeness (QED) is 0.502. The van der Waals surface area contributed by atoms with Crippen LogP contribution in [0, 0.1) is 5.92 Å². The Morgan fingerprint density at radius 3 is 3.12 bits per heavy atom. The first-order valence-electron chi connectivity index (χ1n) is 5.99. The molecule has 1 fully saturated rings. The minimum absolute atomic E-state index is 0.0788. The van der Waals surface area contributed by atoms with E-state index in [4.69, 9.17) is 0 Å². The Hall–Kier alpha value is -0.870. The van der Waals surface area contributed by atoms with Crippen LogP contribution in [0.3, 0.4) is 0 Å². The molecule has 2 N–H and O–H groups in total. The second kappa shape index (κ2) is 7.41. The molecule has 1 rings (SSSR count). The molecule has 0 aromatic heterocycles. The predicted molar refractivity (Wildman–Crippen MR) is 66.3 cm³/mol. The molecule has 4 heteroatoms. The lowest BCUT2D eigenvalue weighted by atomic mass is 9.98. The Labute approximate surface area is 98.1 Å². The standard InChI is InChI=1S/C12H23N3O/c1-3-6-13-9-12(16)14-8-11-5-4-7-15(2)10-11/h3,11,13H,1,4-10H2,2H3,(H,14,16). The number of hydrogen-bond acceptors (Lipinski definition) is 3. The van der Waals surface area contributed by atoms with Gasteiger partial charge in [-0.05, 0) is 32.4 Å². The van der Waals surface area contributed by atoms with E-state index in [2.05, 4.69) is 29.2 Å². The third kappa shape index (κ3) is 5.28. The molecule has 0 spiro atoms. The lowest BCUT2D eigenvalue weighted by molar-refractivity contribution is -0.120. The molecule has 0 aromatic carbocycles. The van der Waals surface area contributed by atoms with Crippen LogP contribution in [-0.2, 0) is 4.79 Å². The minimum atomic E-state index is 0.0788. The van der Waals surface area contributed by atoms with E-state index < -0.39 is 0 Å². The van der Waals surface area contributed by atoms with Crippen molar-refractivity contribution in [3.63, 3.8) is 0 Å². The summed E-state index contributed by atoms with van der Waals surface area (Å²) in [5.41, 5.74) is 0. The fourth-order valence-corrected chi connectivity index (χ4v) is 2.05. The van der Waals surface area contributed by atoms with E-state index in [1.165, 1.54) is 19.4 Å². The molecular weight excluding hydrogens is 202 g/mol. The van der Waals surface area contributed by atoms with Crippen molar-refractivity contribution >= 4 is 5.91 Å². The molecular formula is C12H23N3O. The maximum Gasteiger partial charge on any atom is 0.233 e. The largest absolute Gasteiger partial charge is 0.355 e. The molecule has 16 heavy (non-hydrogen) atoms. The molecule has 1 unspecified atom stereocenters. The van der Waals surface area contributed by atoms with E-state index in [1.807, 2.05) is 0 Å². The number of piperidine rings is 1. The van der Waals surface area contributed by atoms with E-state index >= 15 is 0 Å². The van der Waals surface area contributed by atoms with Gasteiger partial charge in [-0.2, -0.15) is 0 Å². The summed E-state index contributed by atoms with van der Waals surface area (Å²) in [6.45, 7) is 7.74. The van der Waals surface area contributed by atoms with Crippen molar-refractivity contribution in [3.05, 3.63) is 12.7 Å². The van der Waals surface area contributed by atoms with Gasteiger partial charge in [0.25, 0.3) is 0 Å². The molecule has 0 aliphatic carbocycles. The lowest BCUT2D eigenvalue weighted by Crippen LogP contribution is -2.41. The molecule has 0 aromatic rings. The SMILES string of the molecule is C=CCNCC(=O)NCC1CCCN(C)C1. The highest BCUT2D eigenvalue weighted by Crippen LogP contribution is 2.13. The summed E-state index contributed by atoms with van der Waals surface area (Å²) < 4.78 is 0. The van der Waals surface area contributed by atoms with Gasteiger partial charge in [-0.25, -0.2) is 0 Å². The van der Waals surface area contributed by atoms with Gasteiger partial charge >= 0.3 is 0 Å².